The maximum atomic E-state index is 12.7. The number of carboxylic acid groups (broad SMARTS) is 3. The van der Waals surface area contributed by atoms with Crippen LogP contribution in [0.25, 0.3) is 0 Å². The van der Waals surface area contributed by atoms with E-state index in [1.807, 2.05) is 0 Å². The molecule has 0 radical (unpaired) electrons. The van der Waals surface area contributed by atoms with Gasteiger partial charge in [0.05, 0.1) is 18.9 Å². The normalized spacial score (nSPS) is 14.1. The van der Waals surface area contributed by atoms with Gasteiger partial charge in [0.25, 0.3) is 0 Å². The van der Waals surface area contributed by atoms with Gasteiger partial charge in [-0.15, -0.1) is 0 Å². The molecule has 180 valence electrons. The summed E-state index contributed by atoms with van der Waals surface area (Å²) in [4.78, 5) is 70.0. The minimum Gasteiger partial charge on any atom is -0.481 e. The van der Waals surface area contributed by atoms with Crippen LogP contribution < -0.4 is 21.7 Å². The van der Waals surface area contributed by atoms with Gasteiger partial charge >= 0.3 is 17.9 Å². The Bertz CT molecular complexity index is 891. The van der Waals surface area contributed by atoms with Gasteiger partial charge in [-0.3, -0.25) is 24.0 Å². The van der Waals surface area contributed by atoms with Gasteiger partial charge in [0.15, 0.2) is 0 Å². The van der Waals surface area contributed by atoms with Crippen molar-refractivity contribution in [1.29, 1.82) is 0 Å². The minimum absolute atomic E-state index is 0.0585. The lowest BCUT2D eigenvalue weighted by atomic mass is 10.0. The molecule has 13 heteroatoms. The van der Waals surface area contributed by atoms with Crippen LogP contribution in [0.2, 0.25) is 0 Å². The summed E-state index contributed by atoms with van der Waals surface area (Å²) in [5.74, 6) is -6.97. The van der Waals surface area contributed by atoms with E-state index in [1.165, 1.54) is 6.92 Å². The first-order valence-electron chi connectivity index (χ1n) is 9.77. The van der Waals surface area contributed by atoms with Crippen LogP contribution in [-0.2, 0) is 35.2 Å². The molecule has 0 saturated heterocycles. The van der Waals surface area contributed by atoms with Crippen molar-refractivity contribution in [2.45, 2.75) is 50.4 Å². The van der Waals surface area contributed by atoms with E-state index >= 15 is 0 Å². The van der Waals surface area contributed by atoms with Gasteiger partial charge in [-0.25, -0.2) is 4.79 Å². The van der Waals surface area contributed by atoms with Crippen molar-refractivity contribution in [2.75, 3.05) is 0 Å². The van der Waals surface area contributed by atoms with Crippen molar-refractivity contribution in [1.82, 2.24) is 16.0 Å². The molecule has 0 aliphatic rings. The topological polar surface area (TPSA) is 225 Å². The number of hydrogen-bond donors (Lipinski definition) is 7. The van der Waals surface area contributed by atoms with E-state index in [-0.39, 0.29) is 6.42 Å². The molecule has 0 fully saturated rings. The lowest BCUT2D eigenvalue weighted by Gasteiger charge is -2.23. The highest BCUT2D eigenvalue weighted by molar-refractivity contribution is 5.95. The quantitative estimate of drug-likeness (QED) is 0.170. The second-order valence-corrected chi connectivity index (χ2v) is 7.18. The minimum atomic E-state index is -1.73. The number of nitrogens with two attached hydrogens (primary N) is 1. The zero-order valence-corrected chi connectivity index (χ0v) is 17.7. The number of hydrogen-bond acceptors (Lipinski definition) is 7. The number of carbonyl (C=O) groups excluding carboxylic acids is 3. The predicted molar refractivity (Wildman–Crippen MR) is 112 cm³/mol. The average molecular weight is 466 g/mol. The second-order valence-electron chi connectivity index (χ2n) is 7.18. The fourth-order valence-electron chi connectivity index (χ4n) is 2.67. The number of carbonyl (C=O) groups is 6. The third kappa shape index (κ3) is 9.78. The zero-order chi connectivity index (χ0) is 25.1. The molecule has 1 rings (SSSR count). The largest absolute Gasteiger partial charge is 0.481 e. The Balaban J connectivity index is 2.95. The van der Waals surface area contributed by atoms with Gasteiger partial charge in [-0.05, 0) is 12.5 Å². The molecule has 0 heterocycles. The van der Waals surface area contributed by atoms with Crippen LogP contribution in [0.3, 0.4) is 0 Å². The van der Waals surface area contributed by atoms with Gasteiger partial charge in [-0.2, -0.15) is 0 Å². The van der Waals surface area contributed by atoms with Crippen LogP contribution in [-0.4, -0.2) is 75.1 Å². The summed E-state index contributed by atoms with van der Waals surface area (Å²) < 4.78 is 0. The summed E-state index contributed by atoms with van der Waals surface area (Å²) in [6.07, 6.45) is -1.59. The summed E-state index contributed by atoms with van der Waals surface area (Å²) in [6, 6.07) is 2.78. The van der Waals surface area contributed by atoms with E-state index in [0.29, 0.717) is 5.56 Å². The third-order valence-corrected chi connectivity index (χ3v) is 4.39. The molecule has 4 atom stereocenters. The molecule has 33 heavy (non-hydrogen) atoms. The van der Waals surface area contributed by atoms with Gasteiger partial charge in [0.1, 0.15) is 18.1 Å². The van der Waals surface area contributed by atoms with Crippen LogP contribution in [0.5, 0.6) is 0 Å². The number of nitrogens with one attached hydrogen (secondary N) is 3. The highest BCUT2D eigenvalue weighted by atomic mass is 16.4. The second kappa shape index (κ2) is 12.8. The van der Waals surface area contributed by atoms with Crippen molar-refractivity contribution in [3.8, 4) is 0 Å². The SMILES string of the molecule is CC(NC(=O)C(N)CC(=O)O)C(=O)NC(Cc1ccccc1)C(=O)NC(CC(=O)O)C(=O)O. The highest BCUT2D eigenvalue weighted by Crippen LogP contribution is 2.05. The fraction of sp³-hybridized carbons (Fsp3) is 0.400. The zero-order valence-electron chi connectivity index (χ0n) is 17.7. The standard InChI is InChI=1S/C20H26N4O9/c1-10(22-18(30)12(21)8-15(25)26)17(29)23-13(7-11-5-3-2-4-6-11)19(31)24-14(20(32)33)9-16(27)28/h2-6,10,12-14H,7-9,21H2,1H3,(H,22,30)(H,23,29)(H,24,31)(H,25,26)(H,27,28)(H,32,33). The van der Waals surface area contributed by atoms with E-state index in [9.17, 15) is 28.8 Å². The molecule has 3 amide bonds. The molecule has 1 aromatic carbocycles. The van der Waals surface area contributed by atoms with Crippen molar-refractivity contribution in [3.05, 3.63) is 35.9 Å². The molecule has 13 nitrogen and oxygen atoms in total. The summed E-state index contributed by atoms with van der Waals surface area (Å²) in [7, 11) is 0. The number of carboxylic acids is 3. The smallest absolute Gasteiger partial charge is 0.326 e. The monoisotopic (exact) mass is 466 g/mol. The molecule has 0 aliphatic heterocycles. The Kier molecular flexibility index (Phi) is 10.5. The van der Waals surface area contributed by atoms with Gasteiger partial charge in [0, 0.05) is 6.42 Å². The summed E-state index contributed by atoms with van der Waals surface area (Å²) in [5.41, 5.74) is 6.06. The van der Waals surface area contributed by atoms with E-state index in [2.05, 4.69) is 16.0 Å². The Labute approximate surface area is 188 Å². The van der Waals surface area contributed by atoms with E-state index in [4.69, 9.17) is 21.1 Å². The maximum Gasteiger partial charge on any atom is 0.326 e. The molecular formula is C20H26N4O9. The Morgan fingerprint density at radius 2 is 1.33 bits per heavy atom. The van der Waals surface area contributed by atoms with Gasteiger partial charge in [0.2, 0.25) is 17.7 Å². The summed E-state index contributed by atoms with van der Waals surface area (Å²) >= 11 is 0. The lowest BCUT2D eigenvalue weighted by molar-refractivity contribution is -0.147. The van der Waals surface area contributed by atoms with Crippen molar-refractivity contribution in [2.24, 2.45) is 5.73 Å². The van der Waals surface area contributed by atoms with Crippen molar-refractivity contribution in [3.63, 3.8) is 0 Å². The molecular weight excluding hydrogens is 440 g/mol. The van der Waals surface area contributed by atoms with Crippen LogP contribution in [0.15, 0.2) is 30.3 Å². The Morgan fingerprint density at radius 1 is 0.788 bits per heavy atom. The Morgan fingerprint density at radius 3 is 1.85 bits per heavy atom. The first-order valence-corrected chi connectivity index (χ1v) is 9.77. The van der Waals surface area contributed by atoms with E-state index in [1.54, 1.807) is 30.3 Å². The summed E-state index contributed by atoms with van der Waals surface area (Å²) in [5, 5.41) is 33.4. The van der Waals surface area contributed by atoms with Crippen LogP contribution in [0.1, 0.15) is 25.3 Å². The molecule has 8 N–H and O–H groups in total. The van der Waals surface area contributed by atoms with Crippen LogP contribution >= 0.6 is 0 Å². The molecule has 0 aliphatic carbocycles. The molecule has 0 aromatic heterocycles. The van der Waals surface area contributed by atoms with Crippen molar-refractivity contribution >= 4 is 35.6 Å². The van der Waals surface area contributed by atoms with E-state index < -0.39 is 72.6 Å². The van der Waals surface area contributed by atoms with Gasteiger partial charge < -0.3 is 37.0 Å². The molecule has 4 unspecified atom stereocenters. The van der Waals surface area contributed by atoms with Crippen LogP contribution in [0.4, 0.5) is 0 Å². The fourth-order valence-corrected chi connectivity index (χ4v) is 2.67. The predicted octanol–water partition coefficient (Wildman–Crippen LogP) is -1.94. The highest BCUT2D eigenvalue weighted by Gasteiger charge is 2.30. The number of benzene rings is 1. The number of rotatable bonds is 13. The summed E-state index contributed by atoms with van der Waals surface area (Å²) in [6.45, 7) is 1.28. The molecule has 1 aromatic rings. The average Bonchev–Trinajstić information content (AvgIpc) is 2.72. The maximum absolute atomic E-state index is 12.7. The molecule has 0 bridgehead atoms. The first-order chi connectivity index (χ1) is 15.4. The number of aliphatic carboxylic acids is 3. The molecule has 0 spiro atoms. The van der Waals surface area contributed by atoms with Crippen LogP contribution in [0, 0.1) is 0 Å². The van der Waals surface area contributed by atoms with Gasteiger partial charge in [-0.1, -0.05) is 30.3 Å². The van der Waals surface area contributed by atoms with E-state index in [0.717, 1.165) is 0 Å². The third-order valence-electron chi connectivity index (χ3n) is 4.39. The van der Waals surface area contributed by atoms with Crippen molar-refractivity contribution < 1.29 is 44.1 Å². The number of amides is 3. The molecule has 0 saturated carbocycles. The lowest BCUT2D eigenvalue weighted by Crippen LogP contribution is -2.57. The Hall–Kier alpha value is -4.00. The first kappa shape index (κ1) is 27.0.